The summed E-state index contributed by atoms with van der Waals surface area (Å²) in [6, 6.07) is 14.4. The summed E-state index contributed by atoms with van der Waals surface area (Å²) in [6.07, 6.45) is 1.35. The van der Waals surface area contributed by atoms with Crippen LogP contribution in [0.2, 0.25) is 0 Å². The number of hydrogen-bond donors (Lipinski definition) is 1. The van der Waals surface area contributed by atoms with Crippen LogP contribution in [0, 0.1) is 16.0 Å². The highest BCUT2D eigenvalue weighted by molar-refractivity contribution is 5.79. The van der Waals surface area contributed by atoms with Gasteiger partial charge in [-0.25, -0.2) is 0 Å². The number of rotatable bonds is 6. The highest BCUT2D eigenvalue weighted by Crippen LogP contribution is 2.31. The van der Waals surface area contributed by atoms with Crippen molar-refractivity contribution in [1.29, 1.82) is 0 Å². The molecule has 142 valence electrons. The summed E-state index contributed by atoms with van der Waals surface area (Å²) in [6.45, 7) is 1.71. The quantitative estimate of drug-likeness (QED) is 0.625. The fraction of sp³-hybridized carbons (Fsp3) is 0.350. The van der Waals surface area contributed by atoms with E-state index in [9.17, 15) is 14.9 Å². The monoisotopic (exact) mass is 369 g/mol. The third-order valence-corrected chi connectivity index (χ3v) is 4.89. The van der Waals surface area contributed by atoms with E-state index in [4.69, 9.17) is 4.74 Å². The van der Waals surface area contributed by atoms with Gasteiger partial charge >= 0.3 is 0 Å². The molecule has 1 aliphatic heterocycles. The van der Waals surface area contributed by atoms with Gasteiger partial charge in [0.1, 0.15) is 11.4 Å². The van der Waals surface area contributed by atoms with Crippen molar-refractivity contribution in [2.45, 2.75) is 19.4 Å². The van der Waals surface area contributed by atoms with Gasteiger partial charge in [-0.2, -0.15) is 0 Å². The molecule has 1 N–H and O–H groups in total. The number of nitrogens with zero attached hydrogens (tertiary/aromatic N) is 2. The lowest BCUT2D eigenvalue weighted by atomic mass is 9.95. The van der Waals surface area contributed by atoms with E-state index >= 15 is 0 Å². The van der Waals surface area contributed by atoms with Gasteiger partial charge in [0.25, 0.3) is 5.69 Å². The Kier molecular flexibility index (Phi) is 5.90. The first-order valence-corrected chi connectivity index (χ1v) is 8.97. The zero-order chi connectivity index (χ0) is 19.2. The van der Waals surface area contributed by atoms with Gasteiger partial charge < -0.3 is 15.0 Å². The van der Waals surface area contributed by atoms with Crippen molar-refractivity contribution in [3.05, 3.63) is 64.2 Å². The van der Waals surface area contributed by atoms with Gasteiger partial charge in [0.2, 0.25) is 5.91 Å². The van der Waals surface area contributed by atoms with Gasteiger partial charge in [0, 0.05) is 31.6 Å². The lowest BCUT2D eigenvalue weighted by Crippen LogP contribution is -2.40. The molecule has 1 amide bonds. The van der Waals surface area contributed by atoms with E-state index in [1.165, 1.54) is 6.07 Å². The van der Waals surface area contributed by atoms with Crippen LogP contribution in [0.15, 0.2) is 48.5 Å². The van der Waals surface area contributed by atoms with E-state index < -0.39 is 0 Å². The number of piperidine rings is 1. The molecule has 0 bridgehead atoms. The Morgan fingerprint density at radius 1 is 1.22 bits per heavy atom. The summed E-state index contributed by atoms with van der Waals surface area (Å²) in [5.74, 6) is 0.717. The van der Waals surface area contributed by atoms with Gasteiger partial charge in [0.15, 0.2) is 0 Å². The molecule has 7 heteroatoms. The number of methoxy groups -OCH3 is 1. The Bertz CT molecular complexity index is 816. The average Bonchev–Trinajstić information content (AvgIpc) is 2.72. The van der Waals surface area contributed by atoms with Crippen molar-refractivity contribution in [2.24, 2.45) is 5.92 Å². The second-order valence-electron chi connectivity index (χ2n) is 6.58. The average molecular weight is 369 g/mol. The van der Waals surface area contributed by atoms with Gasteiger partial charge in [-0.15, -0.1) is 0 Å². The Morgan fingerprint density at radius 2 is 1.96 bits per heavy atom. The summed E-state index contributed by atoms with van der Waals surface area (Å²) in [5.41, 5.74) is 1.72. The molecule has 0 unspecified atom stereocenters. The zero-order valence-corrected chi connectivity index (χ0v) is 15.3. The molecule has 27 heavy (non-hydrogen) atoms. The van der Waals surface area contributed by atoms with Crippen LogP contribution >= 0.6 is 0 Å². The third kappa shape index (κ3) is 4.55. The maximum absolute atomic E-state index is 12.5. The van der Waals surface area contributed by atoms with Crippen LogP contribution in [0.5, 0.6) is 5.75 Å². The second-order valence-corrected chi connectivity index (χ2v) is 6.58. The van der Waals surface area contributed by atoms with E-state index in [1.807, 2.05) is 29.2 Å². The van der Waals surface area contributed by atoms with Crippen molar-refractivity contribution in [1.82, 2.24) is 5.32 Å². The number of carbonyl (C=O) groups is 1. The van der Waals surface area contributed by atoms with Crippen molar-refractivity contribution < 1.29 is 14.5 Å². The maximum Gasteiger partial charge on any atom is 0.292 e. The minimum atomic E-state index is -0.359. The molecule has 0 radical (unpaired) electrons. The second kappa shape index (κ2) is 8.53. The topological polar surface area (TPSA) is 84.7 Å². The molecule has 0 aromatic heterocycles. The van der Waals surface area contributed by atoms with E-state index in [1.54, 1.807) is 25.3 Å². The summed E-state index contributed by atoms with van der Waals surface area (Å²) in [7, 11) is 1.61. The van der Waals surface area contributed by atoms with E-state index in [0.717, 1.165) is 11.3 Å². The number of anilines is 1. The molecule has 2 aromatic carbocycles. The molecule has 1 heterocycles. The standard InChI is InChI=1S/C20H23N3O4/c1-27-17-6-4-5-15(13-17)14-21-20(24)16-9-11-22(12-10-16)18-7-2-3-8-19(18)23(25)26/h2-8,13,16H,9-12,14H2,1H3,(H,21,24). The molecule has 1 aliphatic rings. The smallest absolute Gasteiger partial charge is 0.292 e. The number of hydrogen-bond acceptors (Lipinski definition) is 5. The Labute approximate surface area is 158 Å². The maximum atomic E-state index is 12.5. The van der Waals surface area contributed by atoms with Crippen molar-refractivity contribution in [3.8, 4) is 5.75 Å². The molecular formula is C20H23N3O4. The van der Waals surface area contributed by atoms with Crippen LogP contribution in [0.25, 0.3) is 0 Å². The minimum absolute atomic E-state index is 0.0278. The molecule has 0 spiro atoms. The highest BCUT2D eigenvalue weighted by atomic mass is 16.6. The van der Waals surface area contributed by atoms with Crippen LogP contribution in [0.4, 0.5) is 11.4 Å². The van der Waals surface area contributed by atoms with Crippen LogP contribution in [0.1, 0.15) is 18.4 Å². The van der Waals surface area contributed by atoms with E-state index in [2.05, 4.69) is 5.32 Å². The van der Waals surface area contributed by atoms with Crippen molar-refractivity contribution in [2.75, 3.05) is 25.1 Å². The number of benzene rings is 2. The van der Waals surface area contributed by atoms with Crippen LogP contribution in [-0.2, 0) is 11.3 Å². The van der Waals surface area contributed by atoms with Gasteiger partial charge in [-0.1, -0.05) is 24.3 Å². The molecule has 3 rings (SSSR count). The molecule has 1 saturated heterocycles. The van der Waals surface area contributed by atoms with Crippen LogP contribution in [0.3, 0.4) is 0 Å². The first kappa shape index (κ1) is 18.7. The summed E-state index contributed by atoms with van der Waals surface area (Å²) >= 11 is 0. The normalized spacial score (nSPS) is 14.6. The lowest BCUT2D eigenvalue weighted by Gasteiger charge is -2.32. The SMILES string of the molecule is COc1cccc(CNC(=O)C2CCN(c3ccccc3[N+](=O)[O-])CC2)c1. The number of nitrogens with one attached hydrogen (secondary N) is 1. The minimum Gasteiger partial charge on any atom is -0.497 e. The largest absolute Gasteiger partial charge is 0.497 e. The van der Waals surface area contributed by atoms with Crippen LogP contribution in [-0.4, -0.2) is 31.0 Å². The number of carbonyl (C=O) groups excluding carboxylic acids is 1. The Hall–Kier alpha value is -3.09. The molecular weight excluding hydrogens is 346 g/mol. The molecule has 0 aliphatic carbocycles. The summed E-state index contributed by atoms with van der Waals surface area (Å²) < 4.78 is 5.19. The fourth-order valence-corrected chi connectivity index (χ4v) is 3.38. The third-order valence-electron chi connectivity index (χ3n) is 4.89. The van der Waals surface area contributed by atoms with E-state index in [-0.39, 0.29) is 22.4 Å². The number of ether oxygens (including phenoxy) is 1. The molecule has 1 fully saturated rings. The number of amides is 1. The summed E-state index contributed by atoms with van der Waals surface area (Å²) in [4.78, 5) is 25.3. The molecule has 0 saturated carbocycles. The highest BCUT2D eigenvalue weighted by Gasteiger charge is 2.27. The summed E-state index contributed by atoms with van der Waals surface area (Å²) in [5, 5.41) is 14.2. The number of para-hydroxylation sites is 2. The Balaban J connectivity index is 1.54. The zero-order valence-electron chi connectivity index (χ0n) is 15.3. The fourth-order valence-electron chi connectivity index (χ4n) is 3.38. The lowest BCUT2D eigenvalue weighted by molar-refractivity contribution is -0.384. The molecule has 2 aromatic rings. The molecule has 0 atom stereocenters. The number of nitro benzene ring substituents is 1. The van der Waals surface area contributed by atoms with Crippen LogP contribution < -0.4 is 15.0 Å². The van der Waals surface area contributed by atoms with E-state index in [0.29, 0.717) is 38.2 Å². The predicted octanol–water partition coefficient (Wildman–Crippen LogP) is 3.14. The van der Waals surface area contributed by atoms with Crippen molar-refractivity contribution in [3.63, 3.8) is 0 Å². The number of nitro groups is 1. The predicted molar refractivity (Wildman–Crippen MR) is 103 cm³/mol. The van der Waals surface area contributed by atoms with Gasteiger partial charge in [-0.05, 0) is 36.6 Å². The first-order chi connectivity index (χ1) is 13.1. The first-order valence-electron chi connectivity index (χ1n) is 8.97. The Morgan fingerprint density at radius 3 is 2.67 bits per heavy atom. The van der Waals surface area contributed by atoms with Gasteiger partial charge in [-0.3, -0.25) is 14.9 Å². The van der Waals surface area contributed by atoms with Crippen molar-refractivity contribution >= 4 is 17.3 Å². The van der Waals surface area contributed by atoms with Gasteiger partial charge in [0.05, 0.1) is 12.0 Å². The molecule has 7 nitrogen and oxygen atoms in total.